The third-order valence-corrected chi connectivity index (χ3v) is 13.2. The minimum atomic E-state index is -0.0568. The molecule has 0 spiro atoms. The van der Waals surface area contributed by atoms with Gasteiger partial charge in [-0.25, -0.2) is 0 Å². The number of anilines is 2. The fourth-order valence-corrected chi connectivity index (χ4v) is 9.76. The van der Waals surface area contributed by atoms with Crippen molar-refractivity contribution in [1.82, 2.24) is 14.1 Å². The van der Waals surface area contributed by atoms with Crippen LogP contribution in [0, 0.1) is 3.80 Å². The molecule has 2 aromatic heterocycles. The van der Waals surface area contributed by atoms with Crippen LogP contribution in [0.3, 0.4) is 0 Å². The number of hydrogen-bond donors (Lipinski definition) is 0. The summed E-state index contributed by atoms with van der Waals surface area (Å²) in [5.74, 6) is 2.55. The van der Waals surface area contributed by atoms with Crippen molar-refractivity contribution in [2.45, 2.75) is 78.1 Å². The molecule has 0 atom stereocenters. The van der Waals surface area contributed by atoms with E-state index in [2.05, 4.69) is 240 Å². The molecule has 0 radical (unpaired) electrons. The fourth-order valence-electron chi connectivity index (χ4n) is 8.66. The van der Waals surface area contributed by atoms with Crippen LogP contribution in [0.25, 0.3) is 44.7 Å². The Kier molecular flexibility index (Phi) is 10.4. The van der Waals surface area contributed by atoms with E-state index in [-0.39, 0.29) is 16.2 Å². The first-order valence-corrected chi connectivity index (χ1v) is 22.5. The number of benzene rings is 6. The van der Waals surface area contributed by atoms with Crippen molar-refractivity contribution in [3.05, 3.63) is 178 Å². The first-order chi connectivity index (χ1) is 29.2. The molecule has 1 aliphatic rings. The van der Waals surface area contributed by atoms with Crippen LogP contribution in [0.15, 0.2) is 158 Å². The average Bonchev–Trinajstić information content (AvgIpc) is 3.54. The first kappa shape index (κ1) is 40.6. The molecule has 8 aromatic rings. The predicted octanol–water partition coefficient (Wildman–Crippen LogP) is 14.4. The van der Waals surface area contributed by atoms with Crippen LogP contribution in [-0.4, -0.2) is 20.7 Å². The Bertz CT molecular complexity index is 2900. The topological polar surface area (TPSA) is 35.2 Å². The Morgan fingerprint density at radius 3 is 1.80 bits per heavy atom. The van der Waals surface area contributed by atoms with Crippen LogP contribution >= 0.6 is 0 Å². The summed E-state index contributed by atoms with van der Waals surface area (Å²) in [5, 5.41) is 0. The zero-order valence-electron chi connectivity index (χ0n) is 36.4. The summed E-state index contributed by atoms with van der Waals surface area (Å²) in [5.41, 5.74) is 14.2. The van der Waals surface area contributed by atoms with Crippen molar-refractivity contribution < 1.29 is 24.1 Å². The van der Waals surface area contributed by atoms with Gasteiger partial charge in [-0.3, -0.25) is 0 Å². The third kappa shape index (κ3) is 7.74. The van der Waals surface area contributed by atoms with Gasteiger partial charge in [-0.1, -0.05) is 20.8 Å². The van der Waals surface area contributed by atoms with Gasteiger partial charge in [0.2, 0.25) is 0 Å². The van der Waals surface area contributed by atoms with E-state index in [1.807, 2.05) is 6.20 Å². The van der Waals surface area contributed by atoms with E-state index in [0.717, 1.165) is 62.2 Å². The molecule has 0 saturated heterocycles. The van der Waals surface area contributed by atoms with E-state index < -0.39 is 0 Å². The summed E-state index contributed by atoms with van der Waals surface area (Å²) in [6, 6.07) is 54.6. The van der Waals surface area contributed by atoms with Crippen LogP contribution in [0.2, 0.25) is 0 Å². The molecule has 1 aliphatic heterocycles. The van der Waals surface area contributed by atoms with Gasteiger partial charge in [-0.05, 0) is 17.0 Å². The maximum absolute atomic E-state index is 6.81. The number of rotatable bonds is 7. The number of para-hydroxylation sites is 2. The zero-order valence-corrected chi connectivity index (χ0v) is 38.7. The SMILES string of the molecule is CC(C)(C)c1ccnc(N2CCC(C)(C)c3ccc(Oc4cccc(-n5[c](=[Pt])n(-c6c(-c7ccccc7)cc(C(C)(C)C)cc6-c6ccccc6)c6ccccc65)c4)cc32)c1. The Morgan fingerprint density at radius 1 is 0.590 bits per heavy atom. The second-order valence-electron chi connectivity index (χ2n) is 19.0. The van der Waals surface area contributed by atoms with Gasteiger partial charge >= 0.3 is 330 Å². The molecule has 0 unspecified atom stereocenters. The summed E-state index contributed by atoms with van der Waals surface area (Å²) in [6.45, 7) is 19.2. The maximum atomic E-state index is 6.81. The van der Waals surface area contributed by atoms with Gasteiger partial charge in [0.1, 0.15) is 0 Å². The number of nitrogens with zero attached hydrogens (tertiary/aromatic N) is 4. The standard InChI is InChI=1S/C55H54N4O.Pt/c1-53(2,3)40-28-30-56-51(34-40)57-31-29-55(7,8)47-27-26-44(36-50(47)57)60-43-23-17-22-42(35-43)58-37-59(49-25-16-15-24-48(49)58)52-45(38-18-11-9-12-19-38)32-41(54(4,5)6)33-46(52)39-20-13-10-14-21-39;/h9-28,30,32-36H,29,31H2,1-8H3;. The molecule has 61 heavy (non-hydrogen) atoms. The van der Waals surface area contributed by atoms with E-state index in [4.69, 9.17) is 9.72 Å². The first-order valence-electron chi connectivity index (χ1n) is 21.3. The van der Waals surface area contributed by atoms with Crippen LogP contribution in [0.1, 0.15) is 78.5 Å². The molecule has 310 valence electrons. The quantitative estimate of drug-likeness (QED) is 0.160. The van der Waals surface area contributed by atoms with Crippen molar-refractivity contribution in [2.24, 2.45) is 0 Å². The van der Waals surface area contributed by atoms with Gasteiger partial charge in [0.05, 0.1) is 0 Å². The average molecular weight is 982 g/mol. The van der Waals surface area contributed by atoms with E-state index >= 15 is 0 Å². The summed E-state index contributed by atoms with van der Waals surface area (Å²) >= 11 is 2.53. The molecule has 0 amide bonds. The molecule has 3 heterocycles. The Hall–Kier alpha value is -5.77. The van der Waals surface area contributed by atoms with Gasteiger partial charge in [0, 0.05) is 6.20 Å². The van der Waals surface area contributed by atoms with Gasteiger partial charge in [-0.15, -0.1) is 0 Å². The molecule has 5 nitrogen and oxygen atoms in total. The van der Waals surface area contributed by atoms with Crippen molar-refractivity contribution in [3.8, 4) is 45.1 Å². The number of ether oxygens (including phenoxy) is 1. The third-order valence-electron chi connectivity index (χ3n) is 12.2. The second kappa shape index (κ2) is 15.6. The van der Waals surface area contributed by atoms with Crippen LogP contribution < -0.4 is 9.64 Å². The van der Waals surface area contributed by atoms with Crippen molar-refractivity contribution >= 4 is 22.5 Å². The Balaban J connectivity index is 1.18. The molecule has 0 N–H and O–H groups in total. The van der Waals surface area contributed by atoms with Gasteiger partial charge < -0.3 is 0 Å². The summed E-state index contributed by atoms with van der Waals surface area (Å²) in [6.07, 6.45) is 2.98. The molecule has 6 heteroatoms. The Labute approximate surface area is 371 Å². The second-order valence-corrected chi connectivity index (χ2v) is 20.0. The summed E-state index contributed by atoms with van der Waals surface area (Å²) < 4.78 is 12.7. The monoisotopic (exact) mass is 981 g/mol. The van der Waals surface area contributed by atoms with E-state index in [0.29, 0.717) is 0 Å². The number of hydrogen-bond acceptors (Lipinski definition) is 3. The molecular formula is C55H54N4OPt. The van der Waals surface area contributed by atoms with Gasteiger partial charge in [0.15, 0.2) is 0 Å². The van der Waals surface area contributed by atoms with E-state index in [9.17, 15) is 0 Å². The van der Waals surface area contributed by atoms with Crippen LogP contribution in [0.4, 0.5) is 11.5 Å². The molecule has 0 aliphatic carbocycles. The number of imidazole rings is 1. The molecule has 0 bridgehead atoms. The molecule has 9 rings (SSSR count). The summed E-state index contributed by atoms with van der Waals surface area (Å²) in [4.78, 5) is 7.25. The molecular weight excluding hydrogens is 928 g/mol. The number of aromatic nitrogens is 3. The molecule has 6 aromatic carbocycles. The zero-order chi connectivity index (χ0) is 42.7. The van der Waals surface area contributed by atoms with Gasteiger partial charge in [0.25, 0.3) is 0 Å². The van der Waals surface area contributed by atoms with Gasteiger partial charge in [-0.2, -0.15) is 0 Å². The predicted molar refractivity (Wildman–Crippen MR) is 250 cm³/mol. The Morgan fingerprint density at radius 2 is 1.18 bits per heavy atom. The summed E-state index contributed by atoms with van der Waals surface area (Å²) in [7, 11) is 0. The van der Waals surface area contributed by atoms with Crippen LogP contribution in [0.5, 0.6) is 11.5 Å². The van der Waals surface area contributed by atoms with Crippen molar-refractivity contribution in [1.29, 1.82) is 0 Å². The van der Waals surface area contributed by atoms with Crippen molar-refractivity contribution in [2.75, 3.05) is 11.4 Å². The van der Waals surface area contributed by atoms with E-state index in [1.165, 1.54) is 38.9 Å². The number of pyridine rings is 1. The number of fused-ring (bicyclic) bond motifs is 2. The van der Waals surface area contributed by atoms with Crippen LogP contribution in [-0.2, 0) is 35.6 Å². The molecule has 0 saturated carbocycles. The minimum absolute atomic E-state index is 0.0268. The fraction of sp³-hybridized carbons (Fsp3) is 0.236. The van der Waals surface area contributed by atoms with Crippen molar-refractivity contribution in [3.63, 3.8) is 0 Å². The molecule has 0 fully saturated rings. The van der Waals surface area contributed by atoms with E-state index in [1.54, 1.807) is 0 Å². The normalized spacial score (nSPS) is 14.0.